The van der Waals surface area contributed by atoms with Gasteiger partial charge in [-0.05, 0) is 29.7 Å². The number of rotatable bonds is 5. The zero-order chi connectivity index (χ0) is 18.2. The SMILES string of the molecule is CCc1ccc(-c2cn3c4ccccc4nc3n2CC[NH+]2CCCC2)cc1. The van der Waals surface area contributed by atoms with Crippen LogP contribution in [0.5, 0.6) is 0 Å². The molecule has 1 saturated heterocycles. The van der Waals surface area contributed by atoms with Gasteiger partial charge in [0.15, 0.2) is 0 Å². The first-order chi connectivity index (χ1) is 13.3. The maximum Gasteiger partial charge on any atom is 0.215 e. The van der Waals surface area contributed by atoms with Crippen LogP contribution in [0.1, 0.15) is 25.3 Å². The van der Waals surface area contributed by atoms with Gasteiger partial charge in [-0.15, -0.1) is 0 Å². The number of quaternary nitrogens is 1. The molecule has 1 fully saturated rings. The van der Waals surface area contributed by atoms with Gasteiger partial charge < -0.3 is 9.47 Å². The highest BCUT2D eigenvalue weighted by Gasteiger charge is 2.19. The second-order valence-electron chi connectivity index (χ2n) is 7.69. The van der Waals surface area contributed by atoms with Gasteiger partial charge in [-0.2, -0.15) is 0 Å². The third-order valence-corrected chi connectivity index (χ3v) is 6.02. The van der Waals surface area contributed by atoms with Crippen molar-refractivity contribution in [2.45, 2.75) is 32.7 Å². The Hall–Kier alpha value is -2.59. The molecule has 0 amide bonds. The smallest absolute Gasteiger partial charge is 0.215 e. The van der Waals surface area contributed by atoms with Gasteiger partial charge in [-0.25, -0.2) is 4.98 Å². The van der Waals surface area contributed by atoms with Crippen molar-refractivity contribution in [3.8, 4) is 11.3 Å². The Balaban J connectivity index is 1.61. The first-order valence-electron chi connectivity index (χ1n) is 10.2. The minimum Gasteiger partial charge on any atom is -0.333 e. The zero-order valence-corrected chi connectivity index (χ0v) is 16.0. The third kappa shape index (κ3) is 2.94. The predicted octanol–water partition coefficient (Wildman–Crippen LogP) is 3.20. The molecule has 4 nitrogen and oxygen atoms in total. The molecule has 0 radical (unpaired) electrons. The van der Waals surface area contributed by atoms with Crippen molar-refractivity contribution in [2.24, 2.45) is 0 Å². The lowest BCUT2D eigenvalue weighted by Crippen LogP contribution is -3.10. The molecule has 3 heterocycles. The van der Waals surface area contributed by atoms with Crippen LogP contribution in [-0.4, -0.2) is 33.6 Å². The van der Waals surface area contributed by atoms with E-state index in [-0.39, 0.29) is 0 Å². The van der Waals surface area contributed by atoms with Crippen molar-refractivity contribution >= 4 is 16.8 Å². The Kier molecular flexibility index (Phi) is 4.21. The molecule has 4 aromatic rings. The van der Waals surface area contributed by atoms with Crippen LogP contribution < -0.4 is 4.90 Å². The van der Waals surface area contributed by atoms with E-state index in [4.69, 9.17) is 4.98 Å². The lowest BCUT2D eigenvalue weighted by Gasteiger charge is -2.14. The molecule has 0 bridgehead atoms. The van der Waals surface area contributed by atoms with E-state index in [2.05, 4.69) is 70.6 Å². The lowest BCUT2D eigenvalue weighted by molar-refractivity contribution is -0.887. The molecule has 0 atom stereocenters. The molecular weight excluding hydrogens is 332 g/mol. The van der Waals surface area contributed by atoms with Crippen molar-refractivity contribution in [2.75, 3.05) is 19.6 Å². The second kappa shape index (κ2) is 6.86. The fraction of sp³-hybridized carbons (Fsp3) is 0.348. The lowest BCUT2D eigenvalue weighted by atomic mass is 10.1. The van der Waals surface area contributed by atoms with E-state index in [1.165, 1.54) is 54.8 Å². The summed E-state index contributed by atoms with van der Waals surface area (Å²) in [5.41, 5.74) is 6.19. The first-order valence-corrected chi connectivity index (χ1v) is 10.2. The van der Waals surface area contributed by atoms with Gasteiger partial charge in [-0.3, -0.25) is 4.40 Å². The second-order valence-corrected chi connectivity index (χ2v) is 7.69. The van der Waals surface area contributed by atoms with Gasteiger partial charge in [0.2, 0.25) is 5.78 Å². The summed E-state index contributed by atoms with van der Waals surface area (Å²) in [5, 5.41) is 0. The molecule has 2 aromatic carbocycles. The fourth-order valence-corrected chi connectivity index (χ4v) is 4.41. The summed E-state index contributed by atoms with van der Waals surface area (Å²) >= 11 is 0. The molecule has 4 heteroatoms. The van der Waals surface area contributed by atoms with Crippen LogP contribution in [0.3, 0.4) is 0 Å². The van der Waals surface area contributed by atoms with E-state index in [0.717, 1.165) is 24.3 Å². The van der Waals surface area contributed by atoms with Crippen LogP contribution in [0.2, 0.25) is 0 Å². The van der Waals surface area contributed by atoms with Crippen LogP contribution in [0, 0.1) is 0 Å². The minimum absolute atomic E-state index is 1.01. The molecule has 5 rings (SSSR count). The number of nitrogens with one attached hydrogen (secondary N) is 1. The average molecular weight is 359 g/mol. The number of nitrogens with zero attached hydrogens (tertiary/aromatic N) is 3. The monoisotopic (exact) mass is 359 g/mol. The van der Waals surface area contributed by atoms with E-state index in [9.17, 15) is 0 Å². The summed E-state index contributed by atoms with van der Waals surface area (Å²) in [4.78, 5) is 6.68. The number of para-hydroxylation sites is 2. The molecule has 27 heavy (non-hydrogen) atoms. The fourth-order valence-electron chi connectivity index (χ4n) is 4.41. The van der Waals surface area contributed by atoms with E-state index in [0.29, 0.717) is 0 Å². The molecule has 0 aliphatic carbocycles. The Morgan fingerprint density at radius 2 is 1.78 bits per heavy atom. The predicted molar refractivity (Wildman–Crippen MR) is 110 cm³/mol. The van der Waals surface area contributed by atoms with Gasteiger partial charge in [-0.1, -0.05) is 43.3 Å². The number of fused-ring (bicyclic) bond motifs is 3. The topological polar surface area (TPSA) is 26.7 Å². The van der Waals surface area contributed by atoms with E-state index in [1.54, 1.807) is 4.90 Å². The quantitative estimate of drug-likeness (QED) is 0.582. The summed E-state index contributed by atoms with van der Waals surface area (Å²) < 4.78 is 4.68. The maximum atomic E-state index is 4.96. The van der Waals surface area contributed by atoms with Crippen molar-refractivity contribution in [1.29, 1.82) is 0 Å². The summed E-state index contributed by atoms with van der Waals surface area (Å²) in [7, 11) is 0. The number of benzene rings is 2. The normalized spacial score (nSPS) is 15.3. The zero-order valence-electron chi connectivity index (χ0n) is 16.0. The molecule has 0 unspecified atom stereocenters. The number of imidazole rings is 2. The Morgan fingerprint density at radius 3 is 2.56 bits per heavy atom. The highest BCUT2D eigenvalue weighted by atomic mass is 15.2. The minimum atomic E-state index is 1.01. The first kappa shape index (κ1) is 16.6. The van der Waals surface area contributed by atoms with Crippen LogP contribution in [0.25, 0.3) is 28.1 Å². The number of likely N-dealkylation sites (tertiary alicyclic amines) is 1. The number of aromatic nitrogens is 3. The largest absolute Gasteiger partial charge is 0.333 e. The average Bonchev–Trinajstić information content (AvgIpc) is 3.42. The van der Waals surface area contributed by atoms with Gasteiger partial charge in [0.05, 0.1) is 42.9 Å². The number of hydrogen-bond donors (Lipinski definition) is 1. The molecule has 1 aliphatic heterocycles. The van der Waals surface area contributed by atoms with E-state index < -0.39 is 0 Å². The number of hydrogen-bond acceptors (Lipinski definition) is 1. The molecule has 2 aromatic heterocycles. The van der Waals surface area contributed by atoms with Gasteiger partial charge >= 0.3 is 0 Å². The van der Waals surface area contributed by atoms with Gasteiger partial charge in [0.25, 0.3) is 0 Å². The van der Waals surface area contributed by atoms with Crippen LogP contribution in [0.15, 0.2) is 54.7 Å². The van der Waals surface area contributed by atoms with Crippen LogP contribution in [0.4, 0.5) is 0 Å². The summed E-state index contributed by atoms with van der Waals surface area (Å²) in [6.45, 7) is 7.02. The van der Waals surface area contributed by atoms with E-state index in [1.807, 2.05) is 0 Å². The van der Waals surface area contributed by atoms with Crippen molar-refractivity contribution < 1.29 is 4.90 Å². The van der Waals surface area contributed by atoms with Crippen LogP contribution in [-0.2, 0) is 13.0 Å². The van der Waals surface area contributed by atoms with Crippen molar-refractivity contribution in [3.05, 3.63) is 60.3 Å². The highest BCUT2D eigenvalue weighted by molar-refractivity contribution is 5.81. The summed E-state index contributed by atoms with van der Waals surface area (Å²) in [6.07, 6.45) is 6.09. The highest BCUT2D eigenvalue weighted by Crippen LogP contribution is 2.26. The number of aryl methyl sites for hydroxylation is 1. The van der Waals surface area contributed by atoms with Crippen LogP contribution >= 0.6 is 0 Å². The van der Waals surface area contributed by atoms with Crippen molar-refractivity contribution in [1.82, 2.24) is 14.0 Å². The molecular formula is C23H27N4+. The van der Waals surface area contributed by atoms with E-state index >= 15 is 0 Å². The Morgan fingerprint density at radius 1 is 1.00 bits per heavy atom. The molecule has 1 aliphatic rings. The molecule has 138 valence electrons. The van der Waals surface area contributed by atoms with Gasteiger partial charge in [0.1, 0.15) is 0 Å². The molecule has 1 N–H and O–H groups in total. The Bertz CT molecular complexity index is 1070. The maximum absolute atomic E-state index is 4.96. The third-order valence-electron chi connectivity index (χ3n) is 6.02. The van der Waals surface area contributed by atoms with Crippen molar-refractivity contribution in [3.63, 3.8) is 0 Å². The summed E-state index contributed by atoms with van der Waals surface area (Å²) in [6, 6.07) is 17.4. The summed E-state index contributed by atoms with van der Waals surface area (Å²) in [5.74, 6) is 1.06. The Labute approximate surface area is 160 Å². The standard InChI is InChI=1S/C23H26N4/c1-2-18-9-11-19(12-10-18)22-17-27-21-8-4-3-7-20(21)24-23(27)26(22)16-15-25-13-5-6-14-25/h3-4,7-12,17H,2,5-6,13-16H2,1H3/p+1. The van der Waals surface area contributed by atoms with Gasteiger partial charge in [0, 0.05) is 19.0 Å². The molecule has 0 spiro atoms. The molecule has 0 saturated carbocycles.